The van der Waals surface area contributed by atoms with E-state index in [9.17, 15) is 9.59 Å². The van der Waals surface area contributed by atoms with Crippen LogP contribution in [0.1, 0.15) is 37.0 Å². The molecule has 3 rings (SSSR count). The van der Waals surface area contributed by atoms with Crippen LogP contribution in [0.15, 0.2) is 24.7 Å². The van der Waals surface area contributed by atoms with E-state index in [0.717, 1.165) is 23.7 Å². The molecular weight excluding hydrogens is 338 g/mol. The topological polar surface area (TPSA) is 80.1 Å². The average molecular weight is 361 g/mol. The summed E-state index contributed by atoms with van der Waals surface area (Å²) in [5, 5.41) is 2.98. The highest BCUT2D eigenvalue weighted by Crippen LogP contribution is 2.37. The van der Waals surface area contributed by atoms with Gasteiger partial charge < -0.3 is 14.8 Å². The van der Waals surface area contributed by atoms with Crippen molar-refractivity contribution in [3.63, 3.8) is 0 Å². The van der Waals surface area contributed by atoms with Crippen molar-refractivity contribution < 1.29 is 9.59 Å². The number of rotatable bonds is 7. The zero-order valence-electron chi connectivity index (χ0n) is 14.5. The Hall–Kier alpha value is -2.22. The fourth-order valence-corrected chi connectivity index (χ4v) is 3.96. The Labute approximate surface area is 151 Å². The van der Waals surface area contributed by atoms with Crippen LogP contribution in [0.4, 0.5) is 0 Å². The van der Waals surface area contributed by atoms with Gasteiger partial charge in [-0.05, 0) is 31.4 Å². The van der Waals surface area contributed by atoms with Gasteiger partial charge in [0.15, 0.2) is 0 Å². The molecule has 0 spiro atoms. The van der Waals surface area contributed by atoms with Crippen molar-refractivity contribution in [3.8, 4) is 0 Å². The van der Waals surface area contributed by atoms with Gasteiger partial charge >= 0.3 is 0 Å². The van der Waals surface area contributed by atoms with E-state index >= 15 is 0 Å². The van der Waals surface area contributed by atoms with Crippen LogP contribution in [0.5, 0.6) is 0 Å². The van der Waals surface area contributed by atoms with Crippen molar-refractivity contribution in [1.29, 1.82) is 0 Å². The Kier molecular flexibility index (Phi) is 5.47. The van der Waals surface area contributed by atoms with E-state index in [-0.39, 0.29) is 24.3 Å². The van der Waals surface area contributed by atoms with Crippen LogP contribution in [0.3, 0.4) is 0 Å². The van der Waals surface area contributed by atoms with E-state index in [4.69, 9.17) is 0 Å². The van der Waals surface area contributed by atoms with Crippen LogP contribution in [-0.2, 0) is 22.6 Å². The van der Waals surface area contributed by atoms with E-state index < -0.39 is 5.92 Å². The number of aryl methyl sites for hydroxylation is 1. The molecule has 0 saturated carbocycles. The van der Waals surface area contributed by atoms with Gasteiger partial charge in [-0.25, -0.2) is 9.36 Å². The third-order valence-corrected chi connectivity index (χ3v) is 5.43. The molecule has 0 unspecified atom stereocenters. The molecule has 0 radical (unpaired) electrons. The number of carbonyl (C=O) groups is 2. The number of nitrogens with zero attached hydrogens (tertiary/aromatic N) is 4. The van der Waals surface area contributed by atoms with Gasteiger partial charge in [-0.2, -0.15) is 0 Å². The predicted octanol–water partition coefficient (Wildman–Crippen LogP) is 1.63. The van der Waals surface area contributed by atoms with Crippen molar-refractivity contribution in [1.82, 2.24) is 24.1 Å². The molecule has 1 saturated heterocycles. The standard InChI is InChI=1S/C17H23N5O2S/c1-3-21-10-9-18-16(21)15-13(11-14(23)22(15)4-2)17(24)19-7-5-12-6-8-20-25-12/h6,8-10,13,15H,3-5,7,11H2,1-2H3,(H,19,24)/t13-,15-/m0/s1. The van der Waals surface area contributed by atoms with E-state index in [1.54, 1.807) is 17.3 Å². The number of imidazole rings is 1. The van der Waals surface area contributed by atoms with Gasteiger partial charge in [0.2, 0.25) is 11.8 Å². The summed E-state index contributed by atoms with van der Waals surface area (Å²) in [6.45, 7) is 5.85. The Bertz CT molecular complexity index is 727. The normalized spacial score (nSPS) is 20.2. The van der Waals surface area contributed by atoms with Crippen molar-refractivity contribution in [2.24, 2.45) is 5.92 Å². The molecule has 1 fully saturated rings. The third-order valence-electron chi connectivity index (χ3n) is 4.62. The fraction of sp³-hybridized carbons (Fsp3) is 0.529. The first-order valence-corrected chi connectivity index (χ1v) is 9.40. The molecule has 1 N–H and O–H groups in total. The maximum Gasteiger partial charge on any atom is 0.226 e. The number of likely N-dealkylation sites (tertiary alicyclic amines) is 1. The molecule has 3 heterocycles. The van der Waals surface area contributed by atoms with Crippen LogP contribution in [0, 0.1) is 5.92 Å². The lowest BCUT2D eigenvalue weighted by molar-refractivity contribution is -0.129. The smallest absolute Gasteiger partial charge is 0.226 e. The number of amides is 2. The molecule has 2 amide bonds. The van der Waals surface area contributed by atoms with Gasteiger partial charge in [-0.3, -0.25) is 9.59 Å². The molecule has 0 bridgehead atoms. The van der Waals surface area contributed by atoms with Crippen LogP contribution in [0.2, 0.25) is 0 Å². The summed E-state index contributed by atoms with van der Waals surface area (Å²) in [6, 6.07) is 1.66. The Balaban J connectivity index is 1.73. The van der Waals surface area contributed by atoms with Gasteiger partial charge in [0.1, 0.15) is 11.9 Å². The number of aromatic nitrogens is 3. The molecule has 1 aliphatic heterocycles. The van der Waals surface area contributed by atoms with E-state index in [0.29, 0.717) is 13.1 Å². The first-order chi connectivity index (χ1) is 12.2. The molecule has 1 aliphatic rings. The molecule has 0 aromatic carbocycles. The Morgan fingerprint density at radius 3 is 2.88 bits per heavy atom. The number of nitrogens with one attached hydrogen (secondary N) is 1. The molecule has 0 aliphatic carbocycles. The van der Waals surface area contributed by atoms with Crippen molar-refractivity contribution >= 4 is 23.3 Å². The first-order valence-electron chi connectivity index (χ1n) is 8.63. The minimum absolute atomic E-state index is 0.0146. The van der Waals surface area contributed by atoms with Crippen LogP contribution >= 0.6 is 11.5 Å². The Morgan fingerprint density at radius 2 is 2.20 bits per heavy atom. The van der Waals surface area contributed by atoms with Crippen molar-refractivity contribution in [3.05, 3.63) is 35.4 Å². The van der Waals surface area contributed by atoms with Crippen LogP contribution in [0.25, 0.3) is 0 Å². The highest BCUT2D eigenvalue weighted by atomic mass is 32.1. The SMILES string of the molecule is CCN1C(=O)C[C@H](C(=O)NCCc2ccns2)[C@H]1c1nccn1CC. The summed E-state index contributed by atoms with van der Waals surface area (Å²) in [5.41, 5.74) is 0. The first kappa shape index (κ1) is 17.6. The largest absolute Gasteiger partial charge is 0.355 e. The molecule has 25 heavy (non-hydrogen) atoms. The van der Waals surface area contributed by atoms with Gasteiger partial charge in [0.25, 0.3) is 0 Å². The van der Waals surface area contributed by atoms with E-state index in [2.05, 4.69) is 14.7 Å². The number of hydrogen-bond acceptors (Lipinski definition) is 5. The monoisotopic (exact) mass is 361 g/mol. The highest BCUT2D eigenvalue weighted by molar-refractivity contribution is 7.05. The van der Waals surface area contributed by atoms with Crippen molar-refractivity contribution in [2.45, 2.75) is 39.3 Å². The average Bonchev–Trinajstić information content (AvgIpc) is 3.33. The summed E-state index contributed by atoms with van der Waals surface area (Å²) in [7, 11) is 0. The van der Waals surface area contributed by atoms with E-state index in [1.165, 1.54) is 11.5 Å². The highest BCUT2D eigenvalue weighted by Gasteiger charge is 2.45. The second-order valence-corrected chi connectivity index (χ2v) is 6.94. The summed E-state index contributed by atoms with van der Waals surface area (Å²) >= 11 is 1.44. The minimum Gasteiger partial charge on any atom is -0.355 e. The summed E-state index contributed by atoms with van der Waals surface area (Å²) in [6.07, 6.45) is 6.38. The number of hydrogen-bond donors (Lipinski definition) is 1. The summed E-state index contributed by atoms with van der Waals surface area (Å²) in [4.78, 5) is 32.5. The molecule has 2 atom stereocenters. The third kappa shape index (κ3) is 3.58. The lowest BCUT2D eigenvalue weighted by atomic mass is 9.98. The predicted molar refractivity (Wildman–Crippen MR) is 95.0 cm³/mol. The maximum absolute atomic E-state index is 12.7. The second kappa shape index (κ2) is 7.77. The number of carbonyl (C=O) groups excluding carboxylic acids is 2. The molecular formula is C17H23N5O2S. The van der Waals surface area contributed by atoms with Gasteiger partial charge in [0.05, 0.1) is 5.92 Å². The molecule has 134 valence electrons. The van der Waals surface area contributed by atoms with Crippen LogP contribution in [-0.4, -0.2) is 43.7 Å². The zero-order chi connectivity index (χ0) is 17.8. The molecule has 7 nitrogen and oxygen atoms in total. The lowest BCUT2D eigenvalue weighted by Crippen LogP contribution is -2.37. The molecule has 8 heteroatoms. The summed E-state index contributed by atoms with van der Waals surface area (Å²) in [5.74, 6) is 0.324. The zero-order valence-corrected chi connectivity index (χ0v) is 15.3. The quantitative estimate of drug-likeness (QED) is 0.813. The van der Waals surface area contributed by atoms with Gasteiger partial charge in [-0.15, -0.1) is 0 Å². The minimum atomic E-state index is -0.401. The second-order valence-electron chi connectivity index (χ2n) is 6.03. The van der Waals surface area contributed by atoms with Crippen LogP contribution < -0.4 is 5.32 Å². The van der Waals surface area contributed by atoms with Gasteiger partial charge in [-0.1, -0.05) is 0 Å². The molecule has 2 aromatic heterocycles. The van der Waals surface area contributed by atoms with Gasteiger partial charge in [0, 0.05) is 55.9 Å². The maximum atomic E-state index is 12.7. The molecule has 2 aromatic rings. The summed E-state index contributed by atoms with van der Waals surface area (Å²) < 4.78 is 6.06. The lowest BCUT2D eigenvalue weighted by Gasteiger charge is -2.26. The fourth-order valence-electron chi connectivity index (χ4n) is 3.38. The van der Waals surface area contributed by atoms with Crippen molar-refractivity contribution in [2.75, 3.05) is 13.1 Å². The Morgan fingerprint density at radius 1 is 1.36 bits per heavy atom. The van der Waals surface area contributed by atoms with E-state index in [1.807, 2.05) is 30.7 Å².